The van der Waals surface area contributed by atoms with E-state index >= 15 is 0 Å². The van der Waals surface area contributed by atoms with Crippen molar-refractivity contribution < 1.29 is 13.9 Å². The van der Waals surface area contributed by atoms with Gasteiger partial charge in [-0.3, -0.25) is 9.78 Å². The summed E-state index contributed by atoms with van der Waals surface area (Å²) in [5.74, 6) is 0.318. The maximum atomic E-state index is 12.9. The van der Waals surface area contributed by atoms with Crippen molar-refractivity contribution in [1.82, 2.24) is 15.3 Å². The third-order valence-electron chi connectivity index (χ3n) is 3.83. The third kappa shape index (κ3) is 6.14. The molecule has 0 radical (unpaired) electrons. The van der Waals surface area contributed by atoms with Crippen molar-refractivity contribution in [2.24, 2.45) is 0 Å². The molecule has 140 valence electrons. The highest BCUT2D eigenvalue weighted by atomic mass is 32.1. The first-order valence-electron chi connectivity index (χ1n) is 8.58. The molecule has 0 atom stereocenters. The van der Waals surface area contributed by atoms with E-state index in [9.17, 15) is 9.18 Å². The number of hydrogen-bond donors (Lipinski definition) is 1. The lowest BCUT2D eigenvalue weighted by Gasteiger charge is -2.04. The quantitative estimate of drug-likeness (QED) is 0.645. The van der Waals surface area contributed by atoms with Crippen molar-refractivity contribution in [2.45, 2.75) is 26.4 Å². The third-order valence-corrected chi connectivity index (χ3v) is 4.70. The van der Waals surface area contributed by atoms with Crippen LogP contribution in [0.25, 0.3) is 0 Å². The zero-order valence-electron chi connectivity index (χ0n) is 14.9. The number of nitrogens with one attached hydrogen (secondary N) is 1. The summed E-state index contributed by atoms with van der Waals surface area (Å²) < 4.78 is 18.5. The molecule has 0 saturated heterocycles. The number of rotatable bonds is 8. The minimum atomic E-state index is -0.305. The standard InChI is InChI=1S/C20H20FN3O2S/c1-14-2-7-18(11-23-14)26-12-20-24-17(13-27-20)8-9-22-19(25)10-15-3-5-16(21)6-4-15/h2-7,11,13H,8-10,12H2,1H3,(H,22,25). The molecular weight excluding hydrogens is 365 g/mol. The summed E-state index contributed by atoms with van der Waals surface area (Å²) in [6.07, 6.45) is 2.58. The molecule has 0 spiro atoms. The topological polar surface area (TPSA) is 64.1 Å². The van der Waals surface area contributed by atoms with E-state index in [0.29, 0.717) is 25.3 Å². The Morgan fingerprint density at radius 1 is 1.22 bits per heavy atom. The molecule has 1 N–H and O–H groups in total. The van der Waals surface area contributed by atoms with Crippen LogP contribution in [-0.4, -0.2) is 22.4 Å². The number of ether oxygens (including phenoxy) is 1. The van der Waals surface area contributed by atoms with Crippen molar-refractivity contribution in [1.29, 1.82) is 0 Å². The molecule has 1 amide bonds. The lowest BCUT2D eigenvalue weighted by Crippen LogP contribution is -2.27. The summed E-state index contributed by atoms with van der Waals surface area (Å²) in [7, 11) is 0. The number of hydrogen-bond acceptors (Lipinski definition) is 5. The van der Waals surface area contributed by atoms with Gasteiger partial charge in [0.25, 0.3) is 0 Å². The van der Waals surface area contributed by atoms with Gasteiger partial charge in [0.1, 0.15) is 23.2 Å². The van der Waals surface area contributed by atoms with Crippen molar-refractivity contribution >= 4 is 17.2 Å². The highest BCUT2D eigenvalue weighted by molar-refractivity contribution is 7.09. The van der Waals surface area contributed by atoms with Gasteiger partial charge in [0.15, 0.2) is 0 Å². The predicted octanol–water partition coefficient (Wildman–Crippen LogP) is 3.47. The molecule has 3 aromatic rings. The lowest BCUT2D eigenvalue weighted by molar-refractivity contribution is -0.120. The van der Waals surface area contributed by atoms with Crippen LogP contribution in [0.5, 0.6) is 5.75 Å². The molecule has 27 heavy (non-hydrogen) atoms. The monoisotopic (exact) mass is 385 g/mol. The van der Waals surface area contributed by atoms with Gasteiger partial charge >= 0.3 is 0 Å². The molecule has 0 bridgehead atoms. The second-order valence-electron chi connectivity index (χ2n) is 6.06. The van der Waals surface area contributed by atoms with E-state index in [1.54, 1.807) is 18.3 Å². The van der Waals surface area contributed by atoms with Crippen molar-refractivity contribution in [3.05, 3.63) is 75.8 Å². The maximum absolute atomic E-state index is 12.9. The number of aromatic nitrogens is 2. The predicted molar refractivity (Wildman–Crippen MR) is 102 cm³/mol. The Balaban J connectivity index is 1.39. The molecule has 0 unspecified atom stereocenters. The highest BCUT2D eigenvalue weighted by Gasteiger charge is 2.06. The Morgan fingerprint density at radius 3 is 2.78 bits per heavy atom. The van der Waals surface area contributed by atoms with E-state index in [1.165, 1.54) is 23.5 Å². The largest absolute Gasteiger partial charge is 0.485 e. The van der Waals surface area contributed by atoms with E-state index in [1.807, 2.05) is 24.4 Å². The first-order chi connectivity index (χ1) is 13.1. The Bertz CT molecular complexity index is 879. The molecule has 0 aliphatic rings. The van der Waals surface area contributed by atoms with Crippen LogP contribution in [0.4, 0.5) is 4.39 Å². The maximum Gasteiger partial charge on any atom is 0.224 e. The van der Waals surface area contributed by atoms with Gasteiger partial charge in [0, 0.05) is 24.0 Å². The Morgan fingerprint density at radius 2 is 2.04 bits per heavy atom. The molecule has 2 heterocycles. The van der Waals surface area contributed by atoms with E-state index in [0.717, 1.165) is 22.0 Å². The number of pyridine rings is 1. The van der Waals surface area contributed by atoms with E-state index in [2.05, 4.69) is 15.3 Å². The zero-order chi connectivity index (χ0) is 19.1. The van der Waals surface area contributed by atoms with E-state index in [4.69, 9.17) is 4.74 Å². The molecule has 0 fully saturated rings. The second kappa shape index (κ2) is 9.23. The second-order valence-corrected chi connectivity index (χ2v) is 7.00. The first kappa shape index (κ1) is 19.0. The van der Waals surface area contributed by atoms with Crippen LogP contribution in [-0.2, 0) is 24.2 Å². The summed E-state index contributed by atoms with van der Waals surface area (Å²) in [5.41, 5.74) is 2.65. The Kier molecular flexibility index (Phi) is 6.49. The number of thiazole rings is 1. The lowest BCUT2D eigenvalue weighted by atomic mass is 10.1. The molecule has 5 nitrogen and oxygen atoms in total. The van der Waals surface area contributed by atoms with Crippen molar-refractivity contribution in [3.8, 4) is 5.75 Å². The van der Waals surface area contributed by atoms with Crippen molar-refractivity contribution in [3.63, 3.8) is 0 Å². The number of carbonyl (C=O) groups excluding carboxylic acids is 1. The summed E-state index contributed by atoms with van der Waals surface area (Å²) in [4.78, 5) is 20.6. The average Bonchev–Trinajstić information content (AvgIpc) is 3.11. The summed E-state index contributed by atoms with van der Waals surface area (Å²) in [6.45, 7) is 2.83. The Hall–Kier alpha value is -2.80. The zero-order valence-corrected chi connectivity index (χ0v) is 15.8. The molecule has 7 heteroatoms. The van der Waals surface area contributed by atoms with Crippen molar-refractivity contribution in [2.75, 3.05) is 6.54 Å². The van der Waals surface area contributed by atoms with Crippen LogP contribution in [0.1, 0.15) is 22.0 Å². The summed E-state index contributed by atoms with van der Waals surface area (Å²) >= 11 is 1.53. The smallest absolute Gasteiger partial charge is 0.224 e. The number of benzene rings is 1. The number of carbonyl (C=O) groups is 1. The van der Waals surface area contributed by atoms with Gasteiger partial charge in [-0.25, -0.2) is 9.37 Å². The van der Waals surface area contributed by atoms with Crippen LogP contribution < -0.4 is 10.1 Å². The Labute approximate surface area is 161 Å². The van der Waals surface area contributed by atoms with Gasteiger partial charge in [-0.15, -0.1) is 11.3 Å². The summed E-state index contributed by atoms with van der Waals surface area (Å²) in [5, 5.41) is 5.71. The fourth-order valence-electron chi connectivity index (χ4n) is 2.39. The van der Waals surface area contributed by atoms with E-state index in [-0.39, 0.29) is 18.1 Å². The number of halogens is 1. The van der Waals surface area contributed by atoms with Gasteiger partial charge in [-0.1, -0.05) is 12.1 Å². The van der Waals surface area contributed by atoms with Crippen LogP contribution in [0.15, 0.2) is 48.0 Å². The fraction of sp³-hybridized carbons (Fsp3) is 0.250. The molecular formula is C20H20FN3O2S. The number of nitrogens with zero attached hydrogens (tertiary/aromatic N) is 2. The van der Waals surface area contributed by atoms with Gasteiger partial charge in [-0.05, 0) is 36.8 Å². The molecule has 0 saturated carbocycles. The normalized spacial score (nSPS) is 10.6. The molecule has 0 aliphatic heterocycles. The SMILES string of the molecule is Cc1ccc(OCc2nc(CCNC(=O)Cc3ccc(F)cc3)cs2)cn1. The van der Waals surface area contributed by atoms with Gasteiger partial charge in [0.05, 0.1) is 18.3 Å². The van der Waals surface area contributed by atoms with Crippen LogP contribution >= 0.6 is 11.3 Å². The van der Waals surface area contributed by atoms with Gasteiger partial charge in [-0.2, -0.15) is 0 Å². The molecule has 3 rings (SSSR count). The number of amides is 1. The van der Waals surface area contributed by atoms with Crippen LogP contribution in [0.2, 0.25) is 0 Å². The minimum absolute atomic E-state index is 0.0905. The average molecular weight is 385 g/mol. The molecule has 1 aromatic carbocycles. The molecule has 2 aromatic heterocycles. The minimum Gasteiger partial charge on any atom is -0.485 e. The highest BCUT2D eigenvalue weighted by Crippen LogP contribution is 2.15. The number of aryl methyl sites for hydroxylation is 1. The molecule has 0 aliphatic carbocycles. The van der Waals surface area contributed by atoms with Gasteiger partial charge < -0.3 is 10.1 Å². The van der Waals surface area contributed by atoms with Gasteiger partial charge in [0.2, 0.25) is 5.91 Å². The van der Waals surface area contributed by atoms with Crippen LogP contribution in [0.3, 0.4) is 0 Å². The summed E-state index contributed by atoms with van der Waals surface area (Å²) in [6, 6.07) is 9.73. The van der Waals surface area contributed by atoms with E-state index < -0.39 is 0 Å². The first-order valence-corrected chi connectivity index (χ1v) is 9.46. The van der Waals surface area contributed by atoms with Crippen LogP contribution in [0, 0.1) is 12.7 Å². The fourth-order valence-corrected chi connectivity index (χ4v) is 3.13.